The molecule has 1 N–H and O–H groups in total. The van der Waals surface area contributed by atoms with Crippen molar-refractivity contribution in [2.24, 2.45) is 0 Å². The van der Waals surface area contributed by atoms with Gasteiger partial charge in [0.2, 0.25) is 5.95 Å². The number of hydrogen-bond donors (Lipinski definition) is 1. The summed E-state index contributed by atoms with van der Waals surface area (Å²) in [5.41, 5.74) is 1.10. The molecule has 0 aromatic carbocycles. The Balaban J connectivity index is 1.79. The van der Waals surface area contributed by atoms with Crippen molar-refractivity contribution in [3.05, 3.63) is 11.9 Å². The maximum Gasteiger partial charge on any atom is 0.203 e. The fraction of sp³-hybridized carbons (Fsp3) is 0.800. The second-order valence-electron chi connectivity index (χ2n) is 5.44. The Kier molecular flexibility index (Phi) is 5.70. The maximum absolute atomic E-state index is 5.57. The minimum Gasteiger partial charge on any atom is -0.380 e. The summed E-state index contributed by atoms with van der Waals surface area (Å²) < 4.78 is 7.90. The van der Waals surface area contributed by atoms with E-state index in [1.807, 2.05) is 0 Å². The summed E-state index contributed by atoms with van der Waals surface area (Å²) in [6.07, 6.45) is 9.79. The van der Waals surface area contributed by atoms with Crippen molar-refractivity contribution < 1.29 is 4.74 Å². The molecule has 1 heterocycles. The minimum absolute atomic E-state index is 0.643. The summed E-state index contributed by atoms with van der Waals surface area (Å²) in [5.74, 6) is 1.02. The number of aryl methyl sites for hydroxylation is 1. The third kappa shape index (κ3) is 4.23. The van der Waals surface area contributed by atoms with Crippen molar-refractivity contribution in [1.29, 1.82) is 0 Å². The van der Waals surface area contributed by atoms with E-state index in [2.05, 4.69) is 34.9 Å². The van der Waals surface area contributed by atoms with Crippen molar-refractivity contribution in [1.82, 2.24) is 9.55 Å². The molecule has 108 valence electrons. The van der Waals surface area contributed by atoms with Crippen molar-refractivity contribution in [3.8, 4) is 0 Å². The van der Waals surface area contributed by atoms with E-state index in [1.54, 1.807) is 0 Å². The number of imidazole rings is 1. The van der Waals surface area contributed by atoms with Gasteiger partial charge in [0.15, 0.2) is 0 Å². The zero-order chi connectivity index (χ0) is 13.5. The molecule has 0 unspecified atom stereocenters. The van der Waals surface area contributed by atoms with Gasteiger partial charge in [-0.2, -0.15) is 0 Å². The van der Waals surface area contributed by atoms with Crippen molar-refractivity contribution in [2.75, 3.05) is 25.1 Å². The van der Waals surface area contributed by atoms with E-state index >= 15 is 0 Å². The molecule has 1 aliphatic rings. The molecule has 1 saturated carbocycles. The molecule has 1 aliphatic carbocycles. The van der Waals surface area contributed by atoms with E-state index in [9.17, 15) is 0 Å². The number of aromatic nitrogens is 2. The molecule has 1 fully saturated rings. The van der Waals surface area contributed by atoms with E-state index in [0.29, 0.717) is 6.04 Å². The quantitative estimate of drug-likeness (QED) is 0.731. The van der Waals surface area contributed by atoms with Gasteiger partial charge in [0, 0.05) is 25.4 Å². The number of nitrogens with one attached hydrogen (secondary N) is 1. The molecule has 4 nitrogen and oxygen atoms in total. The first kappa shape index (κ1) is 14.4. The summed E-state index contributed by atoms with van der Waals surface area (Å²) in [5, 5.41) is 3.41. The number of ether oxygens (including phenoxy) is 1. The lowest BCUT2D eigenvalue weighted by molar-refractivity contribution is 0.141. The SMILES string of the molecule is CCCCOCCNc1nc(C)cn1C1CCCC1. The molecule has 0 radical (unpaired) electrons. The first-order chi connectivity index (χ1) is 9.31. The molecule has 2 rings (SSSR count). The number of unbranched alkanes of at least 4 members (excludes halogenated alkanes) is 1. The molecule has 4 heteroatoms. The van der Waals surface area contributed by atoms with Gasteiger partial charge in [-0.25, -0.2) is 4.98 Å². The molecule has 1 aromatic rings. The standard InChI is InChI=1S/C15H27N3O/c1-3-4-10-19-11-9-16-15-17-13(2)12-18(15)14-7-5-6-8-14/h12,14H,3-11H2,1-2H3,(H,16,17). The van der Waals surface area contributed by atoms with Crippen LogP contribution < -0.4 is 5.32 Å². The Morgan fingerprint density at radius 3 is 2.89 bits per heavy atom. The van der Waals surface area contributed by atoms with Crippen LogP contribution in [0.2, 0.25) is 0 Å². The monoisotopic (exact) mass is 265 g/mol. The van der Waals surface area contributed by atoms with Gasteiger partial charge in [0.1, 0.15) is 0 Å². The van der Waals surface area contributed by atoms with Crippen molar-refractivity contribution in [3.63, 3.8) is 0 Å². The summed E-state index contributed by atoms with van der Waals surface area (Å²) in [6, 6.07) is 0.643. The maximum atomic E-state index is 5.57. The van der Waals surface area contributed by atoms with E-state index in [0.717, 1.165) is 37.8 Å². The highest BCUT2D eigenvalue weighted by molar-refractivity contribution is 5.29. The van der Waals surface area contributed by atoms with Crippen LogP contribution in [0.1, 0.15) is 57.2 Å². The Labute approximate surface area is 116 Å². The Morgan fingerprint density at radius 2 is 2.16 bits per heavy atom. The molecule has 0 spiro atoms. The summed E-state index contributed by atoms with van der Waals surface area (Å²) >= 11 is 0. The van der Waals surface area contributed by atoms with Gasteiger partial charge >= 0.3 is 0 Å². The molecule has 0 bridgehead atoms. The fourth-order valence-corrected chi connectivity index (χ4v) is 2.69. The molecule has 0 atom stereocenters. The smallest absolute Gasteiger partial charge is 0.203 e. The predicted molar refractivity (Wildman–Crippen MR) is 78.7 cm³/mol. The normalized spacial score (nSPS) is 16.1. The summed E-state index contributed by atoms with van der Waals surface area (Å²) in [7, 11) is 0. The lowest BCUT2D eigenvalue weighted by Crippen LogP contribution is -2.15. The highest BCUT2D eigenvalue weighted by atomic mass is 16.5. The van der Waals surface area contributed by atoms with Gasteiger partial charge < -0.3 is 14.6 Å². The van der Waals surface area contributed by atoms with Crippen LogP contribution in [0.4, 0.5) is 5.95 Å². The molecular formula is C15H27N3O. The molecule has 0 amide bonds. The second-order valence-corrected chi connectivity index (χ2v) is 5.44. The number of hydrogen-bond acceptors (Lipinski definition) is 3. The highest BCUT2D eigenvalue weighted by Gasteiger charge is 2.19. The van der Waals surface area contributed by atoms with Crippen LogP contribution in [0.25, 0.3) is 0 Å². The van der Waals surface area contributed by atoms with Gasteiger partial charge in [-0.15, -0.1) is 0 Å². The first-order valence-electron chi connectivity index (χ1n) is 7.68. The Morgan fingerprint density at radius 1 is 1.37 bits per heavy atom. The molecule has 1 aromatic heterocycles. The second kappa shape index (κ2) is 7.53. The molecule has 19 heavy (non-hydrogen) atoms. The number of rotatable bonds is 8. The third-order valence-electron chi connectivity index (χ3n) is 3.74. The highest BCUT2D eigenvalue weighted by Crippen LogP contribution is 2.31. The molecular weight excluding hydrogens is 238 g/mol. The van der Waals surface area contributed by atoms with E-state index in [-0.39, 0.29) is 0 Å². The Hall–Kier alpha value is -1.03. The zero-order valence-corrected chi connectivity index (χ0v) is 12.3. The largest absolute Gasteiger partial charge is 0.380 e. The van der Waals surface area contributed by atoms with Crippen molar-refractivity contribution in [2.45, 2.75) is 58.4 Å². The van der Waals surface area contributed by atoms with E-state index < -0.39 is 0 Å². The van der Waals surface area contributed by atoms with Gasteiger partial charge in [-0.1, -0.05) is 26.2 Å². The van der Waals surface area contributed by atoms with Gasteiger partial charge in [0.25, 0.3) is 0 Å². The van der Waals surface area contributed by atoms with Crippen LogP contribution in [0, 0.1) is 6.92 Å². The number of nitrogens with zero attached hydrogens (tertiary/aromatic N) is 2. The van der Waals surface area contributed by atoms with E-state index in [1.165, 1.54) is 32.1 Å². The van der Waals surface area contributed by atoms with Crippen LogP contribution in [0.15, 0.2) is 6.20 Å². The zero-order valence-electron chi connectivity index (χ0n) is 12.3. The van der Waals surface area contributed by atoms with Gasteiger partial charge in [-0.05, 0) is 26.2 Å². The summed E-state index contributed by atoms with van der Waals surface area (Å²) in [6.45, 7) is 6.72. The summed E-state index contributed by atoms with van der Waals surface area (Å²) in [4.78, 5) is 4.59. The van der Waals surface area contributed by atoms with Crippen LogP contribution >= 0.6 is 0 Å². The van der Waals surface area contributed by atoms with Crippen LogP contribution in [-0.2, 0) is 4.74 Å². The van der Waals surface area contributed by atoms with Crippen LogP contribution in [0.5, 0.6) is 0 Å². The minimum atomic E-state index is 0.643. The molecule has 0 aliphatic heterocycles. The Bertz CT molecular complexity index is 369. The van der Waals surface area contributed by atoms with E-state index in [4.69, 9.17) is 4.74 Å². The molecule has 0 saturated heterocycles. The van der Waals surface area contributed by atoms with Crippen molar-refractivity contribution >= 4 is 5.95 Å². The first-order valence-corrected chi connectivity index (χ1v) is 7.68. The fourth-order valence-electron chi connectivity index (χ4n) is 2.69. The lowest BCUT2D eigenvalue weighted by atomic mass is 10.2. The van der Waals surface area contributed by atoms with Crippen LogP contribution in [-0.4, -0.2) is 29.3 Å². The third-order valence-corrected chi connectivity index (χ3v) is 3.74. The lowest BCUT2D eigenvalue weighted by Gasteiger charge is -2.15. The van der Waals surface area contributed by atoms with Gasteiger partial charge in [-0.3, -0.25) is 0 Å². The predicted octanol–water partition coefficient (Wildman–Crippen LogP) is 3.54. The average molecular weight is 265 g/mol. The van der Waals surface area contributed by atoms with Gasteiger partial charge in [0.05, 0.1) is 12.3 Å². The topological polar surface area (TPSA) is 39.1 Å². The van der Waals surface area contributed by atoms with Crippen LogP contribution in [0.3, 0.4) is 0 Å². The number of anilines is 1. The average Bonchev–Trinajstić information content (AvgIpc) is 3.02.